The molecule has 0 aliphatic heterocycles. The van der Waals surface area contributed by atoms with Crippen LogP contribution in [0.3, 0.4) is 0 Å². The van der Waals surface area contributed by atoms with Gasteiger partial charge in [-0.15, -0.1) is 6.58 Å². The molecule has 0 aromatic rings. The monoisotopic (exact) mass is 2000 g/mol. The van der Waals surface area contributed by atoms with Crippen molar-refractivity contribution in [3.8, 4) is 0 Å². The van der Waals surface area contributed by atoms with Crippen molar-refractivity contribution in [1.82, 2.24) is 0 Å². The molecule has 0 radical (unpaired) electrons. The van der Waals surface area contributed by atoms with Gasteiger partial charge < -0.3 is 119 Å². The van der Waals surface area contributed by atoms with Gasteiger partial charge in [0.2, 0.25) is 0 Å². The number of fused-ring (bicyclic) bond motifs is 2. The van der Waals surface area contributed by atoms with Gasteiger partial charge in [0.05, 0.1) is 0 Å². The van der Waals surface area contributed by atoms with Gasteiger partial charge in [0.15, 0.2) is 0 Å². The van der Waals surface area contributed by atoms with Crippen molar-refractivity contribution in [1.29, 1.82) is 0 Å². The molecule has 2 saturated carbocycles. The van der Waals surface area contributed by atoms with Gasteiger partial charge in [0, 0.05) is 0 Å². The molecule has 0 nitrogen and oxygen atoms in total. The molecule has 17 unspecified atom stereocenters. The first-order chi connectivity index (χ1) is 43.0. The maximum absolute atomic E-state index is 3.83. The summed E-state index contributed by atoms with van der Waals surface area (Å²) in [5, 5.41) is 15.2. The summed E-state index contributed by atoms with van der Waals surface area (Å²) in [6, 6.07) is 0. The van der Waals surface area contributed by atoms with Crippen LogP contribution < -0.4 is 0 Å². The second-order valence-corrected chi connectivity index (χ2v) is 53.1. The summed E-state index contributed by atoms with van der Waals surface area (Å²) in [6.45, 7) is 66.2. The average molecular weight is 2010 g/mol. The zero-order valence-electron chi connectivity index (χ0n) is 83.6. The molecule has 10 rings (SSSR count). The number of allylic oxidation sites excluding steroid dienone is 17. The van der Waals surface area contributed by atoms with Crippen LogP contribution >= 0.6 is 0 Å². The number of hydrogen-bond acceptors (Lipinski definition) is 0. The van der Waals surface area contributed by atoms with E-state index in [4.69, 9.17) is 0 Å². The maximum Gasteiger partial charge on any atom is 4.00 e. The van der Waals surface area contributed by atoms with Crippen molar-refractivity contribution in [3.63, 3.8) is 0 Å². The molecule has 2 fully saturated rings. The molecule has 17 atom stereocenters. The van der Waals surface area contributed by atoms with Crippen LogP contribution in [-0.4, -0.2) is 32.3 Å². The zero-order valence-corrected chi connectivity index (χ0v) is 98.5. The molecule has 0 amide bonds. The molecule has 0 aromatic carbocycles. The minimum absolute atomic E-state index is 0. The van der Waals surface area contributed by atoms with Gasteiger partial charge >= 0.3 is 104 Å². The van der Waals surface area contributed by atoms with Crippen molar-refractivity contribution >= 4 is 32.3 Å². The molecule has 0 heterocycles. The predicted octanol–water partition coefficient (Wildman–Crippen LogP) is 35.5. The van der Waals surface area contributed by atoms with Crippen molar-refractivity contribution in [2.75, 3.05) is 0 Å². The average Bonchev–Trinajstić information content (AvgIpc) is 1.60. The van der Waals surface area contributed by atoms with Gasteiger partial charge in [0.1, 0.15) is 32.3 Å². The van der Waals surface area contributed by atoms with Gasteiger partial charge in [-0.3, -0.25) is 0 Å². The fourth-order valence-electron chi connectivity index (χ4n) is 22.0. The Bertz CT molecular complexity index is 2540. The standard InChI is InChI=1S/2C23H40Si.C22H38Si.C15H26Si.C4H10.16CH3.Hf.3Zr/c2*1-8-11-19-14-22(21-13-10-9-12-20(19)21)24(6,7)23-17(4)15(2)16(3)18(23)5;1-8-9-10-11-12-20-13-14-21(15-20)23(6,7)22-18(4)16(2)17(3)19(22)5;1-4-7-13-10-11-15(12-13)16(2,3)14-8-5-6-9-14;1-3-4-2;;;;;;;;;;;;;;;;;;;;/h2*14-17,19-21H,8-13H2,1-7H3;8,14,16-18,20H,1,9-13,15H2,2-7H3;8,11,13H,4-7,9-10,12H2,1-3H3;3-4H2,1-2H3;16*1H3;;;;/q;;;;;16*-1;4*+4. The summed E-state index contributed by atoms with van der Waals surface area (Å²) < 4.78 is 0. The Hall–Kier alpha value is 2.05. The fourth-order valence-corrected chi connectivity index (χ4v) is 39.4. The summed E-state index contributed by atoms with van der Waals surface area (Å²) in [6.07, 6.45) is 53.4. The smallest absolute Gasteiger partial charge is 0.358 e. The van der Waals surface area contributed by atoms with Gasteiger partial charge in [-0.1, -0.05) is 315 Å². The zero-order chi connectivity index (χ0) is 67.5. The van der Waals surface area contributed by atoms with Gasteiger partial charge in [-0.25, -0.2) is 0 Å². The third kappa shape index (κ3) is 34.9. The van der Waals surface area contributed by atoms with E-state index in [9.17, 15) is 0 Å². The summed E-state index contributed by atoms with van der Waals surface area (Å²) in [7, 11) is -5.57. The normalized spacial score (nSPS) is 27.9. The van der Waals surface area contributed by atoms with Crippen molar-refractivity contribution in [3.05, 3.63) is 220 Å². The van der Waals surface area contributed by atoms with Crippen LogP contribution in [-0.2, 0) is 104 Å². The molecule has 0 bridgehead atoms. The molecule has 0 saturated heterocycles. The first-order valence-corrected chi connectivity index (χ1v) is 52.2. The SMILES string of the molecule is C=CCCCCC1CC=C([Si](C)(C)C2=C(C)C(C)C(C)C2C)C1.CCCC.CCCC1C=C([Si](C)(C)C2=C(C)C(C)C(C)C2C)C2CCCCC12.CCCC1C=C([Si](C)(C)C2=C(C)C(C)C(C)C2C)C2CCCCC12.CCCC1CC=C([Si](C)(C)C2=CCCC2)C1.[CH3-].[CH3-].[CH3-].[CH3-].[CH3-].[CH3-].[CH3-].[CH3-].[CH3-].[CH3-].[CH3-].[CH3-].[CH3-].[CH3-].[CH3-].[CH3-].[Hf+4].[Zr+4].[Zr+4].[Zr+4]. The minimum atomic E-state index is -1.49. The van der Waals surface area contributed by atoms with Crippen molar-refractivity contribution in [2.45, 2.75) is 343 Å². The molecule has 8 heteroatoms. The molecule has 0 spiro atoms. The fraction of sp³-hybridized carbons (Fsp3) is 0.670. The second-order valence-electron chi connectivity index (χ2n) is 35.4. The van der Waals surface area contributed by atoms with E-state index < -0.39 is 32.3 Å². The summed E-state index contributed by atoms with van der Waals surface area (Å²) in [5.74, 6) is 14.8. The molecule has 111 heavy (non-hydrogen) atoms. The maximum atomic E-state index is 3.83. The molecule has 0 N–H and O–H groups in total. The first-order valence-electron chi connectivity index (χ1n) is 40.2. The van der Waals surface area contributed by atoms with Gasteiger partial charge in [0.25, 0.3) is 0 Å². The second kappa shape index (κ2) is 67.5. The Morgan fingerprint density at radius 1 is 0.369 bits per heavy atom. The van der Waals surface area contributed by atoms with Crippen LogP contribution in [0.4, 0.5) is 0 Å². The van der Waals surface area contributed by atoms with E-state index in [1.54, 1.807) is 16.7 Å². The van der Waals surface area contributed by atoms with Crippen molar-refractivity contribution < 1.29 is 104 Å². The van der Waals surface area contributed by atoms with Crippen LogP contribution in [0, 0.1) is 219 Å². The third-order valence-electron chi connectivity index (χ3n) is 28.8. The molecule has 646 valence electrons. The van der Waals surface area contributed by atoms with E-state index in [1.807, 2.05) is 41.6 Å². The third-order valence-corrected chi connectivity index (χ3v) is 45.4. The molecular formula is C103H202HfSi4Zr3. The van der Waals surface area contributed by atoms with Crippen LogP contribution in [0.1, 0.15) is 291 Å². The molecule has 10 aliphatic rings. The first kappa shape index (κ1) is 148. The van der Waals surface area contributed by atoms with E-state index in [1.165, 1.54) is 173 Å². The van der Waals surface area contributed by atoms with Crippen molar-refractivity contribution in [2.24, 2.45) is 101 Å². The Kier molecular flexibility index (Phi) is 89.8. The van der Waals surface area contributed by atoms with Crippen LogP contribution in [0.2, 0.25) is 52.4 Å². The van der Waals surface area contributed by atoms with E-state index in [-0.39, 0.29) is 223 Å². The number of hydrogen-bond donors (Lipinski definition) is 0. The summed E-state index contributed by atoms with van der Waals surface area (Å²) >= 11 is 0. The number of rotatable bonds is 20. The molecule has 10 aliphatic carbocycles. The topological polar surface area (TPSA) is 0 Å². The van der Waals surface area contributed by atoms with E-state index in [2.05, 4.69) is 213 Å². The van der Waals surface area contributed by atoms with Gasteiger partial charge in [-0.05, 0) is 224 Å². The predicted molar refractivity (Wildman–Crippen MR) is 525 cm³/mol. The Labute approximate surface area is 792 Å². The largest absolute Gasteiger partial charge is 4.00 e. The van der Waals surface area contributed by atoms with E-state index in [0.717, 1.165) is 101 Å². The van der Waals surface area contributed by atoms with Crippen LogP contribution in [0.5, 0.6) is 0 Å². The summed E-state index contributed by atoms with van der Waals surface area (Å²) in [4.78, 5) is 0. The summed E-state index contributed by atoms with van der Waals surface area (Å²) in [5.41, 5.74) is 5.26. The van der Waals surface area contributed by atoms with Crippen LogP contribution in [0.25, 0.3) is 0 Å². The Balaban J connectivity index is -0.0000000796. The Morgan fingerprint density at radius 2 is 0.685 bits per heavy atom. The van der Waals surface area contributed by atoms with Crippen LogP contribution in [0.15, 0.2) is 101 Å². The van der Waals surface area contributed by atoms with E-state index >= 15 is 0 Å². The Morgan fingerprint density at radius 3 is 0.973 bits per heavy atom. The van der Waals surface area contributed by atoms with Gasteiger partial charge in [-0.2, -0.15) is 0 Å². The minimum Gasteiger partial charge on any atom is -0.358 e. The number of unbranched alkanes of at least 4 members (excludes halogenated alkanes) is 3. The molecule has 0 aromatic heterocycles. The van der Waals surface area contributed by atoms with E-state index in [0.29, 0.717) is 0 Å². The molecular weight excluding hydrogens is 1800 g/mol. The quantitative estimate of drug-likeness (QED) is 0.0493.